The summed E-state index contributed by atoms with van der Waals surface area (Å²) in [7, 11) is 0. The number of nitrogens with zero attached hydrogens (tertiary/aromatic N) is 1. The molecule has 0 bridgehead atoms. The molecule has 0 aliphatic carbocycles. The molecule has 1 aromatic carbocycles. The van der Waals surface area contributed by atoms with Crippen molar-refractivity contribution < 1.29 is 9.90 Å². The fourth-order valence-corrected chi connectivity index (χ4v) is 2.46. The van der Waals surface area contributed by atoms with E-state index in [0.29, 0.717) is 22.8 Å². The lowest BCUT2D eigenvalue weighted by molar-refractivity contribution is 0.0503. The summed E-state index contributed by atoms with van der Waals surface area (Å²) < 4.78 is 0. The number of carbonyl (C=O) groups is 1. The largest absolute Gasteiger partial charge is 0.398 e. The third-order valence-electron chi connectivity index (χ3n) is 3.35. The highest BCUT2D eigenvalue weighted by atomic mass is 35.5. The number of anilines is 1. The average Bonchev–Trinajstić information content (AvgIpc) is 2.41. The van der Waals surface area contributed by atoms with E-state index in [9.17, 15) is 9.90 Å². The standard InChI is InChI=1S/C13H17ClN2O2/c14-11-7-9(4-5-12(11)15)13(18)16-6-2-1-3-10(16)8-17/h4-5,7,10,17H,1-3,6,8,15H2. The molecule has 1 amide bonds. The first kappa shape index (κ1) is 13.2. The number of hydrogen-bond acceptors (Lipinski definition) is 3. The molecule has 1 atom stereocenters. The van der Waals surface area contributed by atoms with E-state index in [4.69, 9.17) is 17.3 Å². The van der Waals surface area contributed by atoms with Crippen LogP contribution in [0.5, 0.6) is 0 Å². The molecule has 1 heterocycles. The lowest BCUT2D eigenvalue weighted by atomic mass is 10.0. The van der Waals surface area contributed by atoms with Crippen LogP contribution in [-0.2, 0) is 0 Å². The summed E-state index contributed by atoms with van der Waals surface area (Å²) in [6.45, 7) is 0.695. The number of aliphatic hydroxyl groups excluding tert-OH is 1. The van der Waals surface area contributed by atoms with Gasteiger partial charge in [0.15, 0.2) is 0 Å². The number of halogens is 1. The number of piperidine rings is 1. The second kappa shape index (κ2) is 5.59. The van der Waals surface area contributed by atoms with Gasteiger partial charge in [0.05, 0.1) is 23.4 Å². The highest BCUT2D eigenvalue weighted by Gasteiger charge is 2.26. The summed E-state index contributed by atoms with van der Waals surface area (Å²) >= 11 is 5.92. The van der Waals surface area contributed by atoms with E-state index in [2.05, 4.69) is 0 Å². The van der Waals surface area contributed by atoms with E-state index in [1.165, 1.54) is 0 Å². The maximum absolute atomic E-state index is 12.3. The van der Waals surface area contributed by atoms with Gasteiger partial charge in [-0.1, -0.05) is 11.6 Å². The molecule has 1 saturated heterocycles. The van der Waals surface area contributed by atoms with Crippen molar-refractivity contribution in [1.29, 1.82) is 0 Å². The molecule has 98 valence electrons. The van der Waals surface area contributed by atoms with Gasteiger partial charge < -0.3 is 15.7 Å². The maximum Gasteiger partial charge on any atom is 0.254 e. The smallest absolute Gasteiger partial charge is 0.254 e. The Balaban J connectivity index is 2.21. The van der Waals surface area contributed by atoms with Crippen molar-refractivity contribution in [2.45, 2.75) is 25.3 Å². The molecule has 0 saturated carbocycles. The zero-order valence-electron chi connectivity index (χ0n) is 10.1. The van der Waals surface area contributed by atoms with E-state index in [1.807, 2.05) is 0 Å². The van der Waals surface area contributed by atoms with Gasteiger partial charge in [-0.15, -0.1) is 0 Å². The number of benzene rings is 1. The quantitative estimate of drug-likeness (QED) is 0.805. The van der Waals surface area contributed by atoms with Crippen molar-refractivity contribution >= 4 is 23.2 Å². The highest BCUT2D eigenvalue weighted by Crippen LogP contribution is 2.23. The normalized spacial score (nSPS) is 19.9. The lowest BCUT2D eigenvalue weighted by Gasteiger charge is -2.34. The van der Waals surface area contributed by atoms with Crippen LogP contribution in [0.1, 0.15) is 29.6 Å². The monoisotopic (exact) mass is 268 g/mol. The Morgan fingerprint density at radius 3 is 2.94 bits per heavy atom. The van der Waals surface area contributed by atoms with E-state index in [-0.39, 0.29) is 18.6 Å². The summed E-state index contributed by atoms with van der Waals surface area (Å²) in [6.07, 6.45) is 2.88. The molecule has 0 radical (unpaired) electrons. The van der Waals surface area contributed by atoms with E-state index in [0.717, 1.165) is 19.3 Å². The SMILES string of the molecule is Nc1ccc(C(=O)N2CCCCC2CO)cc1Cl. The summed E-state index contributed by atoms with van der Waals surface area (Å²) in [6, 6.07) is 4.81. The molecule has 18 heavy (non-hydrogen) atoms. The highest BCUT2D eigenvalue weighted by molar-refractivity contribution is 6.33. The van der Waals surface area contributed by atoms with Crippen molar-refractivity contribution in [2.75, 3.05) is 18.9 Å². The Morgan fingerprint density at radius 1 is 1.50 bits per heavy atom. The minimum Gasteiger partial charge on any atom is -0.398 e. The zero-order valence-corrected chi connectivity index (χ0v) is 10.9. The first-order valence-electron chi connectivity index (χ1n) is 6.10. The fourth-order valence-electron chi connectivity index (χ4n) is 2.28. The fraction of sp³-hybridized carbons (Fsp3) is 0.462. The van der Waals surface area contributed by atoms with Crippen LogP contribution < -0.4 is 5.73 Å². The summed E-state index contributed by atoms with van der Waals surface area (Å²) in [5, 5.41) is 9.70. The van der Waals surface area contributed by atoms with Crippen molar-refractivity contribution in [3.8, 4) is 0 Å². The first-order valence-corrected chi connectivity index (χ1v) is 6.48. The lowest BCUT2D eigenvalue weighted by Crippen LogP contribution is -2.45. The van der Waals surface area contributed by atoms with E-state index < -0.39 is 0 Å². The number of rotatable bonds is 2. The van der Waals surface area contributed by atoms with Gasteiger partial charge in [0.25, 0.3) is 5.91 Å². The molecular weight excluding hydrogens is 252 g/mol. The zero-order chi connectivity index (χ0) is 13.1. The van der Waals surface area contributed by atoms with Gasteiger partial charge >= 0.3 is 0 Å². The van der Waals surface area contributed by atoms with Gasteiger partial charge in [-0.3, -0.25) is 4.79 Å². The maximum atomic E-state index is 12.3. The number of nitrogens with two attached hydrogens (primary N) is 1. The molecular formula is C13H17ClN2O2. The van der Waals surface area contributed by atoms with Gasteiger partial charge in [0, 0.05) is 12.1 Å². The molecule has 2 rings (SSSR count). The predicted molar refractivity (Wildman–Crippen MR) is 71.6 cm³/mol. The number of nitrogen functional groups attached to an aromatic ring is 1. The number of carbonyl (C=O) groups excluding carboxylic acids is 1. The van der Waals surface area contributed by atoms with Crippen LogP contribution in [0.3, 0.4) is 0 Å². The van der Waals surface area contributed by atoms with Crippen LogP contribution in [-0.4, -0.2) is 35.1 Å². The topological polar surface area (TPSA) is 66.6 Å². The van der Waals surface area contributed by atoms with Crippen molar-refractivity contribution in [2.24, 2.45) is 0 Å². The molecule has 4 nitrogen and oxygen atoms in total. The summed E-state index contributed by atoms with van der Waals surface area (Å²) in [5.41, 5.74) is 6.61. The first-order chi connectivity index (χ1) is 8.63. The van der Waals surface area contributed by atoms with Crippen LogP contribution in [0.2, 0.25) is 5.02 Å². The predicted octanol–water partition coefficient (Wildman–Crippen LogP) is 1.91. The van der Waals surface area contributed by atoms with Crippen molar-refractivity contribution in [1.82, 2.24) is 4.90 Å². The Bertz CT molecular complexity index is 451. The van der Waals surface area contributed by atoms with Crippen LogP contribution in [0.15, 0.2) is 18.2 Å². The average molecular weight is 269 g/mol. The van der Waals surface area contributed by atoms with E-state index >= 15 is 0 Å². The Labute approximate surface area is 111 Å². The Kier molecular flexibility index (Phi) is 4.09. The molecule has 0 spiro atoms. The molecule has 5 heteroatoms. The second-order valence-corrected chi connectivity index (χ2v) is 4.97. The molecule has 1 unspecified atom stereocenters. The van der Waals surface area contributed by atoms with Crippen molar-refractivity contribution in [3.05, 3.63) is 28.8 Å². The number of likely N-dealkylation sites (tertiary alicyclic amines) is 1. The van der Waals surface area contributed by atoms with Gasteiger partial charge in [-0.25, -0.2) is 0 Å². The molecule has 1 aromatic rings. The van der Waals surface area contributed by atoms with Gasteiger partial charge in [-0.2, -0.15) is 0 Å². The Morgan fingerprint density at radius 2 is 2.28 bits per heavy atom. The summed E-state index contributed by atoms with van der Waals surface area (Å²) in [5.74, 6) is -0.0874. The van der Waals surface area contributed by atoms with Gasteiger partial charge in [-0.05, 0) is 37.5 Å². The minimum absolute atomic E-state index is 0.00838. The van der Waals surface area contributed by atoms with Crippen molar-refractivity contribution in [3.63, 3.8) is 0 Å². The van der Waals surface area contributed by atoms with E-state index in [1.54, 1.807) is 23.1 Å². The van der Waals surface area contributed by atoms with Crippen LogP contribution in [0.25, 0.3) is 0 Å². The summed E-state index contributed by atoms with van der Waals surface area (Å²) in [4.78, 5) is 14.1. The third-order valence-corrected chi connectivity index (χ3v) is 3.67. The third kappa shape index (κ3) is 2.60. The second-order valence-electron chi connectivity index (χ2n) is 4.57. The van der Waals surface area contributed by atoms with Crippen LogP contribution in [0, 0.1) is 0 Å². The molecule has 1 fully saturated rings. The molecule has 1 aliphatic heterocycles. The molecule has 0 aromatic heterocycles. The number of amides is 1. The van der Waals surface area contributed by atoms with Crippen LogP contribution >= 0.6 is 11.6 Å². The van der Waals surface area contributed by atoms with Crippen LogP contribution in [0.4, 0.5) is 5.69 Å². The molecule has 1 aliphatic rings. The molecule has 3 N–H and O–H groups in total. The van der Waals surface area contributed by atoms with Gasteiger partial charge in [0.1, 0.15) is 0 Å². The van der Waals surface area contributed by atoms with Gasteiger partial charge in [0.2, 0.25) is 0 Å². The number of hydrogen-bond donors (Lipinski definition) is 2. The number of aliphatic hydroxyl groups is 1. The Hall–Kier alpha value is -1.26. The minimum atomic E-state index is -0.0874.